The minimum absolute atomic E-state index is 0.0831. The number of aromatic hydroxyl groups is 1. The number of hydrogen-bond acceptors (Lipinski definition) is 6. The second kappa shape index (κ2) is 8.12. The Bertz CT molecular complexity index is 1650. The van der Waals surface area contributed by atoms with Gasteiger partial charge in [-0.25, -0.2) is 9.78 Å². The molecule has 0 aliphatic carbocycles. The maximum atomic E-state index is 12.4. The normalized spacial score (nSPS) is 11.1. The summed E-state index contributed by atoms with van der Waals surface area (Å²) in [6.45, 7) is 1.79. The maximum absolute atomic E-state index is 12.4. The average Bonchev–Trinajstić information content (AvgIpc) is 2.86. The number of rotatable bonds is 3. The number of benzene rings is 2. The summed E-state index contributed by atoms with van der Waals surface area (Å²) in [6.07, 6.45) is 3.38. The molecule has 0 saturated heterocycles. The van der Waals surface area contributed by atoms with Crippen LogP contribution in [-0.4, -0.2) is 32.7 Å². The summed E-state index contributed by atoms with van der Waals surface area (Å²) in [4.78, 5) is 32.9. The fraction of sp³-hybridized carbons (Fsp3) is 0.111. The second-order valence-electron chi connectivity index (χ2n) is 8.14. The Morgan fingerprint density at radius 2 is 1.79 bits per heavy atom. The van der Waals surface area contributed by atoms with E-state index in [0.29, 0.717) is 16.8 Å². The van der Waals surface area contributed by atoms with Crippen molar-refractivity contribution in [3.05, 3.63) is 88.6 Å². The van der Waals surface area contributed by atoms with Crippen LogP contribution in [0.1, 0.15) is 16.1 Å². The lowest BCUT2D eigenvalue weighted by atomic mass is 9.94. The van der Waals surface area contributed by atoms with Crippen molar-refractivity contribution in [3.8, 4) is 28.1 Å². The number of aryl methyl sites for hydroxylation is 2. The number of pyridine rings is 3. The van der Waals surface area contributed by atoms with E-state index in [-0.39, 0.29) is 17.0 Å². The van der Waals surface area contributed by atoms with Crippen LogP contribution in [0, 0.1) is 6.92 Å². The molecule has 7 heteroatoms. The first-order chi connectivity index (χ1) is 16.4. The SMILES string of the molecule is COC(=O)c1ccc(-c2cc3cccc(-c4cc(O)cc5c4cc(C)c(=O)n5C)c3cn2)cn1. The molecule has 3 aromatic heterocycles. The second-order valence-corrected chi connectivity index (χ2v) is 8.14. The van der Waals surface area contributed by atoms with E-state index < -0.39 is 5.97 Å². The molecule has 2 aromatic carbocycles. The minimum Gasteiger partial charge on any atom is -0.508 e. The summed E-state index contributed by atoms with van der Waals surface area (Å²) in [7, 11) is 3.02. The molecule has 0 saturated carbocycles. The molecule has 0 amide bonds. The lowest BCUT2D eigenvalue weighted by Gasteiger charge is -2.14. The zero-order valence-corrected chi connectivity index (χ0v) is 18.9. The average molecular weight is 451 g/mol. The lowest BCUT2D eigenvalue weighted by molar-refractivity contribution is 0.0594. The molecule has 0 unspecified atom stereocenters. The molecule has 5 rings (SSSR count). The molecule has 0 fully saturated rings. The summed E-state index contributed by atoms with van der Waals surface area (Å²) in [6, 6.07) is 16.4. The van der Waals surface area contributed by atoms with Gasteiger partial charge in [0.15, 0.2) is 0 Å². The number of carbonyl (C=O) groups excluding carboxylic acids is 1. The van der Waals surface area contributed by atoms with Gasteiger partial charge in [0.2, 0.25) is 0 Å². The molecule has 0 radical (unpaired) electrons. The van der Waals surface area contributed by atoms with Crippen molar-refractivity contribution < 1.29 is 14.6 Å². The van der Waals surface area contributed by atoms with Crippen molar-refractivity contribution in [2.24, 2.45) is 7.05 Å². The van der Waals surface area contributed by atoms with Crippen LogP contribution in [0.5, 0.6) is 5.75 Å². The standard InChI is InChI=1S/C27H21N3O4/c1-15-9-21-20(11-18(31)12-25(21)30(2)26(15)32)19-6-4-5-16-10-24(29-14-22(16)19)17-7-8-23(28-13-17)27(33)34-3/h4-14,31H,1-3H3. The number of esters is 1. The van der Waals surface area contributed by atoms with Gasteiger partial charge in [0.1, 0.15) is 11.4 Å². The highest BCUT2D eigenvalue weighted by molar-refractivity contribution is 6.05. The van der Waals surface area contributed by atoms with Gasteiger partial charge in [0.25, 0.3) is 5.56 Å². The predicted octanol–water partition coefficient (Wildman–Crippen LogP) is 4.62. The number of aromatic nitrogens is 3. The highest BCUT2D eigenvalue weighted by Gasteiger charge is 2.14. The number of hydrogen-bond donors (Lipinski definition) is 1. The fourth-order valence-corrected chi connectivity index (χ4v) is 4.26. The lowest BCUT2D eigenvalue weighted by Crippen LogP contribution is -2.19. The van der Waals surface area contributed by atoms with Gasteiger partial charge in [-0.05, 0) is 53.8 Å². The summed E-state index contributed by atoms with van der Waals surface area (Å²) < 4.78 is 6.26. The van der Waals surface area contributed by atoms with E-state index in [1.165, 1.54) is 7.11 Å². The van der Waals surface area contributed by atoms with Crippen molar-refractivity contribution in [2.75, 3.05) is 7.11 Å². The Hall–Kier alpha value is -4.52. The van der Waals surface area contributed by atoms with Crippen LogP contribution in [0.3, 0.4) is 0 Å². The van der Waals surface area contributed by atoms with E-state index in [1.54, 1.807) is 55.2 Å². The highest BCUT2D eigenvalue weighted by atomic mass is 16.5. The third kappa shape index (κ3) is 3.47. The first-order valence-electron chi connectivity index (χ1n) is 10.6. The predicted molar refractivity (Wildman–Crippen MR) is 131 cm³/mol. The molecular formula is C27H21N3O4. The van der Waals surface area contributed by atoms with Crippen LogP contribution in [0.25, 0.3) is 44.1 Å². The Kier molecular flexibility index (Phi) is 5.09. The summed E-state index contributed by atoms with van der Waals surface area (Å²) in [5, 5.41) is 13.2. The van der Waals surface area contributed by atoms with E-state index in [1.807, 2.05) is 30.3 Å². The van der Waals surface area contributed by atoms with Gasteiger partial charge in [-0.1, -0.05) is 18.2 Å². The Morgan fingerprint density at radius 3 is 2.53 bits per heavy atom. The molecule has 168 valence electrons. The molecule has 5 aromatic rings. The van der Waals surface area contributed by atoms with Crippen LogP contribution in [-0.2, 0) is 11.8 Å². The third-order valence-electron chi connectivity index (χ3n) is 6.02. The summed E-state index contributed by atoms with van der Waals surface area (Å²) in [5.74, 6) is -0.409. The fourth-order valence-electron chi connectivity index (χ4n) is 4.26. The van der Waals surface area contributed by atoms with Gasteiger partial charge in [-0.15, -0.1) is 0 Å². The number of fused-ring (bicyclic) bond motifs is 2. The first kappa shape index (κ1) is 21.3. The highest BCUT2D eigenvalue weighted by Crippen LogP contribution is 2.37. The number of carbonyl (C=O) groups is 1. The van der Waals surface area contributed by atoms with Gasteiger partial charge in [-0.3, -0.25) is 9.78 Å². The number of ether oxygens (including phenoxy) is 1. The van der Waals surface area contributed by atoms with E-state index in [4.69, 9.17) is 4.74 Å². The Labute approximate surface area is 194 Å². The van der Waals surface area contributed by atoms with E-state index in [2.05, 4.69) is 9.97 Å². The molecule has 0 bridgehead atoms. The summed E-state index contributed by atoms with van der Waals surface area (Å²) >= 11 is 0. The van der Waals surface area contributed by atoms with Gasteiger partial charge in [-0.2, -0.15) is 0 Å². The molecule has 34 heavy (non-hydrogen) atoms. The largest absolute Gasteiger partial charge is 0.508 e. The topological polar surface area (TPSA) is 94.3 Å². The van der Waals surface area contributed by atoms with Crippen molar-refractivity contribution in [1.82, 2.24) is 14.5 Å². The van der Waals surface area contributed by atoms with Gasteiger partial charge < -0.3 is 14.4 Å². The zero-order chi connectivity index (χ0) is 24.0. The van der Waals surface area contributed by atoms with Crippen molar-refractivity contribution in [1.29, 1.82) is 0 Å². The molecule has 0 spiro atoms. The van der Waals surface area contributed by atoms with Crippen LogP contribution < -0.4 is 5.56 Å². The number of phenolic OH excluding ortho intramolecular Hbond substituents is 1. The third-order valence-corrected chi connectivity index (χ3v) is 6.02. The van der Waals surface area contributed by atoms with Gasteiger partial charge in [0.05, 0.1) is 18.3 Å². The Morgan fingerprint density at radius 1 is 0.971 bits per heavy atom. The molecule has 1 N–H and O–H groups in total. The van der Waals surface area contributed by atoms with E-state index in [9.17, 15) is 14.7 Å². The van der Waals surface area contributed by atoms with Crippen LogP contribution in [0.2, 0.25) is 0 Å². The Balaban J connectivity index is 1.68. The number of nitrogens with zero attached hydrogens (tertiary/aromatic N) is 3. The van der Waals surface area contributed by atoms with E-state index >= 15 is 0 Å². The molecular weight excluding hydrogens is 430 g/mol. The monoisotopic (exact) mass is 451 g/mol. The molecule has 0 aliphatic heterocycles. The number of phenols is 1. The quantitative estimate of drug-likeness (QED) is 0.403. The molecule has 7 nitrogen and oxygen atoms in total. The smallest absolute Gasteiger partial charge is 0.356 e. The van der Waals surface area contributed by atoms with Gasteiger partial charge in [0, 0.05) is 47.4 Å². The van der Waals surface area contributed by atoms with Crippen LogP contribution in [0.15, 0.2) is 71.8 Å². The van der Waals surface area contributed by atoms with E-state index in [0.717, 1.165) is 32.8 Å². The van der Waals surface area contributed by atoms with Gasteiger partial charge >= 0.3 is 5.97 Å². The molecule has 3 heterocycles. The minimum atomic E-state index is -0.492. The zero-order valence-electron chi connectivity index (χ0n) is 18.9. The number of methoxy groups -OCH3 is 1. The van der Waals surface area contributed by atoms with Crippen LogP contribution >= 0.6 is 0 Å². The summed E-state index contributed by atoms with van der Waals surface area (Å²) in [5.41, 5.74) is 4.62. The molecule has 0 atom stereocenters. The van der Waals surface area contributed by atoms with Crippen LogP contribution in [0.4, 0.5) is 0 Å². The van der Waals surface area contributed by atoms with Crippen molar-refractivity contribution in [3.63, 3.8) is 0 Å². The molecule has 0 aliphatic rings. The first-order valence-corrected chi connectivity index (χ1v) is 10.6. The van der Waals surface area contributed by atoms with Crippen molar-refractivity contribution in [2.45, 2.75) is 6.92 Å². The van der Waals surface area contributed by atoms with Crippen molar-refractivity contribution >= 4 is 27.6 Å². The maximum Gasteiger partial charge on any atom is 0.356 e.